The Kier molecular flexibility index (Phi) is 3.99. The van der Waals surface area contributed by atoms with Crippen molar-refractivity contribution in [2.75, 3.05) is 35.9 Å². The first-order chi connectivity index (χ1) is 9.54. The fraction of sp³-hybridized carbons (Fsp3) is 0.154. The van der Waals surface area contributed by atoms with Crippen molar-refractivity contribution in [1.82, 2.24) is 9.97 Å². The number of nitrogens with one attached hydrogen (secondary N) is 1. The minimum absolute atomic E-state index is 0.267. The van der Waals surface area contributed by atoms with Gasteiger partial charge in [-0.2, -0.15) is 15.1 Å². The molecule has 0 saturated heterocycles. The summed E-state index contributed by atoms with van der Waals surface area (Å²) in [5.74, 6) is 0.861. The van der Waals surface area contributed by atoms with Crippen LogP contribution in [0.3, 0.4) is 0 Å². The lowest BCUT2D eigenvalue weighted by Gasteiger charge is -2.11. The van der Waals surface area contributed by atoms with Crippen molar-refractivity contribution in [2.24, 2.45) is 5.10 Å². The molecule has 0 aliphatic carbocycles. The second-order valence-electron chi connectivity index (χ2n) is 4.40. The number of nitrogens with two attached hydrogens (primary N) is 2. The number of nitrogen functional groups attached to an aromatic ring is 2. The molecule has 0 radical (unpaired) electrons. The molecular formula is C13H17N7. The van der Waals surface area contributed by atoms with Crippen LogP contribution in [0.1, 0.15) is 5.56 Å². The molecule has 7 nitrogen and oxygen atoms in total. The molecule has 2 aromatic rings. The van der Waals surface area contributed by atoms with Gasteiger partial charge in [-0.15, -0.1) is 0 Å². The van der Waals surface area contributed by atoms with Crippen LogP contribution in [0, 0.1) is 0 Å². The van der Waals surface area contributed by atoms with Crippen LogP contribution in [0.25, 0.3) is 0 Å². The summed E-state index contributed by atoms with van der Waals surface area (Å²) in [4.78, 5) is 9.95. The lowest BCUT2D eigenvalue weighted by Crippen LogP contribution is -2.08. The summed E-state index contributed by atoms with van der Waals surface area (Å²) in [5, 5.41) is 4.04. The van der Waals surface area contributed by atoms with E-state index < -0.39 is 0 Å². The van der Waals surface area contributed by atoms with Gasteiger partial charge in [-0.05, 0) is 17.7 Å². The Bertz CT molecular complexity index is 584. The molecule has 0 bridgehead atoms. The van der Waals surface area contributed by atoms with Crippen LogP contribution in [-0.4, -0.2) is 30.3 Å². The lowest BCUT2D eigenvalue weighted by atomic mass is 10.2. The molecule has 0 fully saturated rings. The maximum atomic E-state index is 5.56. The van der Waals surface area contributed by atoms with E-state index in [0.29, 0.717) is 11.6 Å². The van der Waals surface area contributed by atoms with Gasteiger partial charge in [0.1, 0.15) is 11.6 Å². The predicted octanol–water partition coefficient (Wildman–Crippen LogP) is 1.15. The van der Waals surface area contributed by atoms with E-state index in [9.17, 15) is 0 Å². The van der Waals surface area contributed by atoms with E-state index in [2.05, 4.69) is 20.5 Å². The van der Waals surface area contributed by atoms with E-state index in [1.807, 2.05) is 43.3 Å². The molecule has 0 aliphatic heterocycles. The molecule has 0 spiro atoms. The first-order valence-corrected chi connectivity index (χ1v) is 6.01. The minimum Gasteiger partial charge on any atom is -0.383 e. The summed E-state index contributed by atoms with van der Waals surface area (Å²) in [6.07, 6.45) is 1.67. The highest BCUT2D eigenvalue weighted by Gasteiger charge is 1.98. The Balaban J connectivity index is 2.02. The summed E-state index contributed by atoms with van der Waals surface area (Å²) < 4.78 is 0. The average molecular weight is 271 g/mol. The van der Waals surface area contributed by atoms with Crippen molar-refractivity contribution in [3.05, 3.63) is 35.9 Å². The van der Waals surface area contributed by atoms with Crippen LogP contribution >= 0.6 is 0 Å². The molecule has 1 aromatic heterocycles. The van der Waals surface area contributed by atoms with E-state index in [1.165, 1.54) is 6.07 Å². The first kappa shape index (κ1) is 13.6. The number of hydrazone groups is 1. The molecule has 7 heteroatoms. The van der Waals surface area contributed by atoms with Crippen molar-refractivity contribution in [3.8, 4) is 0 Å². The van der Waals surface area contributed by atoms with Crippen molar-refractivity contribution >= 4 is 29.5 Å². The predicted molar refractivity (Wildman–Crippen MR) is 82.8 cm³/mol. The van der Waals surface area contributed by atoms with Crippen molar-refractivity contribution in [2.45, 2.75) is 0 Å². The van der Waals surface area contributed by atoms with Gasteiger partial charge in [0.05, 0.1) is 6.21 Å². The van der Waals surface area contributed by atoms with E-state index in [-0.39, 0.29) is 5.95 Å². The molecule has 20 heavy (non-hydrogen) atoms. The SMILES string of the molecule is CN(C)c1ccc(/C=N\Nc2nc(N)cc(N)n2)cc1. The standard InChI is InChI=1S/C13H17N7/c1-20(2)10-5-3-9(4-6-10)8-16-19-13-17-11(14)7-12(15)18-13/h3-8H,1-2H3,(H5,14,15,17,18,19)/b16-8-. The summed E-state index contributed by atoms with van der Waals surface area (Å²) in [7, 11) is 3.98. The number of nitrogens with zero attached hydrogens (tertiary/aromatic N) is 4. The maximum Gasteiger partial charge on any atom is 0.247 e. The van der Waals surface area contributed by atoms with Gasteiger partial charge in [0.2, 0.25) is 5.95 Å². The molecule has 0 amide bonds. The van der Waals surface area contributed by atoms with E-state index in [4.69, 9.17) is 11.5 Å². The molecule has 0 aliphatic rings. The summed E-state index contributed by atoms with van der Waals surface area (Å²) >= 11 is 0. The van der Waals surface area contributed by atoms with E-state index in [1.54, 1.807) is 6.21 Å². The van der Waals surface area contributed by atoms with Crippen LogP contribution < -0.4 is 21.8 Å². The third kappa shape index (κ3) is 3.58. The van der Waals surface area contributed by atoms with Gasteiger partial charge in [-0.3, -0.25) is 0 Å². The maximum absolute atomic E-state index is 5.56. The quantitative estimate of drug-likeness (QED) is 0.569. The molecule has 0 unspecified atom stereocenters. The van der Waals surface area contributed by atoms with Gasteiger partial charge < -0.3 is 16.4 Å². The molecule has 104 valence electrons. The summed E-state index contributed by atoms with van der Waals surface area (Å²) in [6, 6.07) is 9.44. The molecular weight excluding hydrogens is 254 g/mol. The number of anilines is 4. The third-order valence-corrected chi connectivity index (χ3v) is 2.55. The van der Waals surface area contributed by atoms with E-state index in [0.717, 1.165) is 11.3 Å². The highest BCUT2D eigenvalue weighted by Crippen LogP contribution is 2.11. The molecule has 5 N–H and O–H groups in total. The normalized spacial score (nSPS) is 10.7. The fourth-order valence-electron chi connectivity index (χ4n) is 1.56. The smallest absolute Gasteiger partial charge is 0.247 e. The number of aromatic nitrogens is 2. The molecule has 1 heterocycles. The number of rotatable bonds is 4. The van der Waals surface area contributed by atoms with Crippen molar-refractivity contribution in [3.63, 3.8) is 0 Å². The number of hydrogen-bond acceptors (Lipinski definition) is 7. The summed E-state index contributed by atoms with van der Waals surface area (Å²) in [5.41, 5.74) is 15.9. The Hall–Kier alpha value is -2.83. The molecule has 1 aromatic carbocycles. The first-order valence-electron chi connectivity index (χ1n) is 6.01. The highest BCUT2D eigenvalue weighted by atomic mass is 15.4. The second-order valence-corrected chi connectivity index (χ2v) is 4.40. The number of benzene rings is 1. The zero-order valence-electron chi connectivity index (χ0n) is 11.4. The largest absolute Gasteiger partial charge is 0.383 e. The second kappa shape index (κ2) is 5.87. The van der Waals surface area contributed by atoms with Crippen LogP contribution in [0.4, 0.5) is 23.3 Å². The zero-order chi connectivity index (χ0) is 14.5. The minimum atomic E-state index is 0.267. The lowest BCUT2D eigenvalue weighted by molar-refractivity contribution is 1.13. The van der Waals surface area contributed by atoms with Gasteiger partial charge in [0.15, 0.2) is 0 Å². The van der Waals surface area contributed by atoms with Crippen LogP contribution in [-0.2, 0) is 0 Å². The van der Waals surface area contributed by atoms with Crippen LogP contribution in [0.15, 0.2) is 35.4 Å². The average Bonchev–Trinajstić information content (AvgIpc) is 2.38. The third-order valence-electron chi connectivity index (χ3n) is 2.55. The topological polar surface area (TPSA) is 105 Å². The van der Waals surface area contributed by atoms with Gasteiger partial charge in [-0.1, -0.05) is 12.1 Å². The Morgan fingerprint density at radius 3 is 2.25 bits per heavy atom. The van der Waals surface area contributed by atoms with Crippen LogP contribution in [0.5, 0.6) is 0 Å². The zero-order valence-corrected chi connectivity index (χ0v) is 11.4. The Morgan fingerprint density at radius 2 is 1.70 bits per heavy atom. The molecule has 0 atom stereocenters. The van der Waals surface area contributed by atoms with E-state index >= 15 is 0 Å². The van der Waals surface area contributed by atoms with Gasteiger partial charge in [0.25, 0.3) is 0 Å². The van der Waals surface area contributed by atoms with Gasteiger partial charge in [-0.25, -0.2) is 5.43 Å². The summed E-state index contributed by atoms with van der Waals surface area (Å²) in [6.45, 7) is 0. The molecule has 0 saturated carbocycles. The molecule has 2 rings (SSSR count). The number of hydrogen-bond donors (Lipinski definition) is 3. The van der Waals surface area contributed by atoms with Gasteiger partial charge >= 0.3 is 0 Å². The Morgan fingerprint density at radius 1 is 1.10 bits per heavy atom. The van der Waals surface area contributed by atoms with Crippen LogP contribution in [0.2, 0.25) is 0 Å². The van der Waals surface area contributed by atoms with Gasteiger partial charge in [0, 0.05) is 25.8 Å². The van der Waals surface area contributed by atoms with Crippen molar-refractivity contribution in [1.29, 1.82) is 0 Å². The van der Waals surface area contributed by atoms with Crippen molar-refractivity contribution < 1.29 is 0 Å². The fourth-order valence-corrected chi connectivity index (χ4v) is 1.56. The Labute approximate surface area is 117 Å². The highest BCUT2D eigenvalue weighted by molar-refractivity contribution is 5.80. The monoisotopic (exact) mass is 271 g/mol.